The predicted molar refractivity (Wildman–Crippen MR) is 101 cm³/mol. The number of nitrogens with one attached hydrogen (secondary N) is 1. The second-order valence-electron chi connectivity index (χ2n) is 7.45. The third-order valence-corrected chi connectivity index (χ3v) is 4.69. The lowest BCUT2D eigenvalue weighted by Crippen LogP contribution is -2.42. The summed E-state index contributed by atoms with van der Waals surface area (Å²) in [7, 11) is 0. The molecule has 0 aromatic carbocycles. The number of rotatable bonds is 5. The second kappa shape index (κ2) is 7.85. The number of nitrogens with zero attached hydrogens (tertiary/aromatic N) is 5. The maximum atomic E-state index is 12.3. The fourth-order valence-electron chi connectivity index (χ4n) is 3.26. The van der Waals surface area contributed by atoms with Crippen molar-refractivity contribution < 1.29 is 4.79 Å². The van der Waals surface area contributed by atoms with Gasteiger partial charge < -0.3 is 10.2 Å². The summed E-state index contributed by atoms with van der Waals surface area (Å²) in [6.07, 6.45) is 3.43. The van der Waals surface area contributed by atoms with E-state index in [2.05, 4.69) is 39.1 Å². The minimum absolute atomic E-state index is 0.0872. The van der Waals surface area contributed by atoms with Crippen LogP contribution >= 0.6 is 0 Å². The molecular weight excluding hydrogens is 328 g/mol. The summed E-state index contributed by atoms with van der Waals surface area (Å²) in [5.74, 6) is 2.22. The number of anilines is 1. The highest BCUT2D eigenvalue weighted by Crippen LogP contribution is 2.21. The molecule has 0 atom stereocenters. The van der Waals surface area contributed by atoms with Crippen LogP contribution < -0.4 is 10.2 Å². The third-order valence-electron chi connectivity index (χ3n) is 4.69. The Morgan fingerprint density at radius 1 is 1.31 bits per heavy atom. The van der Waals surface area contributed by atoms with E-state index in [9.17, 15) is 4.79 Å². The lowest BCUT2D eigenvalue weighted by molar-refractivity contribution is -0.125. The Balaban J connectivity index is 1.64. The zero-order chi connectivity index (χ0) is 18.7. The number of hydrogen-bond donors (Lipinski definition) is 1. The first-order chi connectivity index (χ1) is 12.4. The molecule has 7 heteroatoms. The first-order valence-corrected chi connectivity index (χ1v) is 9.33. The van der Waals surface area contributed by atoms with Gasteiger partial charge in [-0.3, -0.25) is 4.79 Å². The molecule has 140 valence electrons. The molecule has 1 saturated heterocycles. The summed E-state index contributed by atoms with van der Waals surface area (Å²) in [4.78, 5) is 23.5. The van der Waals surface area contributed by atoms with Gasteiger partial charge in [0.25, 0.3) is 0 Å². The summed E-state index contributed by atoms with van der Waals surface area (Å²) < 4.78 is 1.84. The summed E-state index contributed by atoms with van der Waals surface area (Å²) in [5.41, 5.74) is 2.02. The van der Waals surface area contributed by atoms with Gasteiger partial charge in [-0.1, -0.05) is 13.8 Å². The largest absolute Gasteiger partial charge is 0.356 e. The van der Waals surface area contributed by atoms with E-state index in [0.29, 0.717) is 11.9 Å². The molecule has 3 heterocycles. The molecule has 3 rings (SSSR count). The first kappa shape index (κ1) is 18.4. The summed E-state index contributed by atoms with van der Waals surface area (Å²) in [5, 5.41) is 7.54. The average molecular weight is 356 g/mol. The van der Waals surface area contributed by atoms with Crippen LogP contribution in [0.5, 0.6) is 0 Å². The lowest BCUT2D eigenvalue weighted by atomic mass is 9.96. The van der Waals surface area contributed by atoms with E-state index in [1.807, 2.05) is 30.7 Å². The number of amides is 1. The van der Waals surface area contributed by atoms with Gasteiger partial charge in [-0.25, -0.2) is 9.67 Å². The maximum Gasteiger partial charge on any atom is 0.227 e. The number of carbonyl (C=O) groups excluding carboxylic acids is 1. The minimum atomic E-state index is 0.0872. The second-order valence-corrected chi connectivity index (χ2v) is 7.45. The number of aromatic nitrogens is 4. The summed E-state index contributed by atoms with van der Waals surface area (Å²) in [6.45, 7) is 10.5. The van der Waals surface area contributed by atoms with Crippen LogP contribution in [0.25, 0.3) is 5.82 Å². The van der Waals surface area contributed by atoms with Crippen molar-refractivity contribution in [2.45, 2.75) is 40.5 Å². The van der Waals surface area contributed by atoms with Crippen molar-refractivity contribution in [2.24, 2.45) is 11.8 Å². The first-order valence-electron chi connectivity index (χ1n) is 9.33. The predicted octanol–water partition coefficient (Wildman–Crippen LogP) is 2.27. The van der Waals surface area contributed by atoms with Crippen LogP contribution in [0.4, 0.5) is 5.95 Å². The fraction of sp³-hybridized carbons (Fsp3) is 0.579. The smallest absolute Gasteiger partial charge is 0.227 e. The molecule has 7 nitrogen and oxygen atoms in total. The van der Waals surface area contributed by atoms with Crippen molar-refractivity contribution in [3.8, 4) is 5.82 Å². The van der Waals surface area contributed by atoms with Gasteiger partial charge in [0.15, 0.2) is 5.82 Å². The zero-order valence-corrected chi connectivity index (χ0v) is 16.1. The molecule has 1 aliphatic rings. The van der Waals surface area contributed by atoms with Crippen LogP contribution in [-0.2, 0) is 4.79 Å². The Bertz CT molecular complexity index is 761. The van der Waals surface area contributed by atoms with Crippen LogP contribution in [0.2, 0.25) is 0 Å². The molecule has 2 aromatic heterocycles. The standard InChI is InChI=1S/C19H28N6O/c1-13(2)12-21-18(26)16-6-9-24(10-7-16)19-20-8-5-17(22-19)25-15(4)11-14(3)23-25/h5,8,11,13,16H,6-7,9-10,12H2,1-4H3,(H,21,26). The van der Waals surface area contributed by atoms with Gasteiger partial charge in [-0.05, 0) is 38.7 Å². The monoisotopic (exact) mass is 356 g/mol. The topological polar surface area (TPSA) is 75.9 Å². The van der Waals surface area contributed by atoms with E-state index in [1.165, 1.54) is 0 Å². The number of piperidine rings is 1. The SMILES string of the molecule is Cc1cc(C)n(-c2ccnc(N3CCC(C(=O)NCC(C)C)CC3)n2)n1. The zero-order valence-electron chi connectivity index (χ0n) is 16.1. The van der Waals surface area contributed by atoms with Gasteiger partial charge >= 0.3 is 0 Å². The molecule has 1 N–H and O–H groups in total. The van der Waals surface area contributed by atoms with Crippen LogP contribution in [-0.4, -0.2) is 45.3 Å². The Hall–Kier alpha value is -2.44. The van der Waals surface area contributed by atoms with E-state index < -0.39 is 0 Å². The molecule has 0 spiro atoms. The molecule has 1 amide bonds. The number of hydrogen-bond acceptors (Lipinski definition) is 5. The molecular formula is C19H28N6O. The lowest BCUT2D eigenvalue weighted by Gasteiger charge is -2.31. The van der Waals surface area contributed by atoms with Gasteiger partial charge in [0.2, 0.25) is 11.9 Å². The Kier molecular flexibility index (Phi) is 5.54. The van der Waals surface area contributed by atoms with Crippen molar-refractivity contribution in [3.63, 3.8) is 0 Å². The molecule has 26 heavy (non-hydrogen) atoms. The minimum Gasteiger partial charge on any atom is -0.356 e. The summed E-state index contributed by atoms with van der Waals surface area (Å²) in [6, 6.07) is 3.90. The molecule has 0 bridgehead atoms. The molecule has 0 aliphatic carbocycles. The Morgan fingerprint density at radius 3 is 2.65 bits per heavy atom. The Morgan fingerprint density at radius 2 is 2.04 bits per heavy atom. The van der Waals surface area contributed by atoms with Crippen LogP contribution in [0.3, 0.4) is 0 Å². The van der Waals surface area contributed by atoms with Gasteiger partial charge in [-0.15, -0.1) is 0 Å². The average Bonchev–Trinajstić information content (AvgIpc) is 2.98. The van der Waals surface area contributed by atoms with Gasteiger partial charge in [-0.2, -0.15) is 10.1 Å². The van der Waals surface area contributed by atoms with Crippen molar-refractivity contribution in [3.05, 3.63) is 29.7 Å². The normalized spacial score (nSPS) is 15.5. The van der Waals surface area contributed by atoms with Crippen molar-refractivity contribution >= 4 is 11.9 Å². The number of carbonyl (C=O) groups is 1. The Labute approximate surface area is 154 Å². The molecule has 0 saturated carbocycles. The molecule has 2 aromatic rings. The van der Waals surface area contributed by atoms with Crippen LogP contribution in [0, 0.1) is 25.7 Å². The van der Waals surface area contributed by atoms with Gasteiger partial charge in [0.1, 0.15) is 0 Å². The van der Waals surface area contributed by atoms with E-state index in [1.54, 1.807) is 6.20 Å². The van der Waals surface area contributed by atoms with Gasteiger partial charge in [0, 0.05) is 43.5 Å². The van der Waals surface area contributed by atoms with Crippen molar-refractivity contribution in [1.29, 1.82) is 0 Å². The quantitative estimate of drug-likeness (QED) is 0.889. The molecule has 1 aliphatic heterocycles. The molecule has 1 fully saturated rings. The highest BCUT2D eigenvalue weighted by molar-refractivity contribution is 5.78. The van der Waals surface area contributed by atoms with Crippen molar-refractivity contribution in [1.82, 2.24) is 25.1 Å². The van der Waals surface area contributed by atoms with E-state index in [-0.39, 0.29) is 11.8 Å². The van der Waals surface area contributed by atoms with Crippen molar-refractivity contribution in [2.75, 3.05) is 24.5 Å². The number of aryl methyl sites for hydroxylation is 2. The molecule has 0 radical (unpaired) electrons. The van der Waals surface area contributed by atoms with E-state index in [0.717, 1.165) is 49.7 Å². The van der Waals surface area contributed by atoms with E-state index >= 15 is 0 Å². The van der Waals surface area contributed by atoms with Crippen LogP contribution in [0.1, 0.15) is 38.1 Å². The summed E-state index contributed by atoms with van der Waals surface area (Å²) >= 11 is 0. The van der Waals surface area contributed by atoms with Gasteiger partial charge in [0.05, 0.1) is 5.69 Å². The van der Waals surface area contributed by atoms with E-state index in [4.69, 9.17) is 0 Å². The fourth-order valence-corrected chi connectivity index (χ4v) is 3.26. The molecule has 0 unspecified atom stereocenters. The highest BCUT2D eigenvalue weighted by Gasteiger charge is 2.26. The highest BCUT2D eigenvalue weighted by atomic mass is 16.1. The maximum absolute atomic E-state index is 12.3. The third kappa shape index (κ3) is 4.20. The van der Waals surface area contributed by atoms with Crippen LogP contribution in [0.15, 0.2) is 18.3 Å².